The topological polar surface area (TPSA) is 131 Å². The van der Waals surface area contributed by atoms with E-state index >= 15 is 0 Å². The third-order valence-corrected chi connectivity index (χ3v) is 7.06. The van der Waals surface area contributed by atoms with E-state index in [1.165, 1.54) is 6.07 Å². The van der Waals surface area contributed by atoms with E-state index in [0.29, 0.717) is 22.4 Å². The number of amides is 5. The first-order valence-electron chi connectivity index (χ1n) is 12.5. The average Bonchev–Trinajstić information content (AvgIpc) is 3.21. The van der Waals surface area contributed by atoms with E-state index in [9.17, 15) is 24.0 Å². The summed E-state index contributed by atoms with van der Waals surface area (Å²) in [7, 11) is -0.584. The molecule has 11 heteroatoms. The van der Waals surface area contributed by atoms with Gasteiger partial charge < -0.3 is 14.6 Å². The lowest BCUT2D eigenvalue weighted by Crippen LogP contribution is -2.54. The highest BCUT2D eigenvalue weighted by molar-refractivity contribution is 6.62. The number of carbonyl (C=O) groups is 5. The number of nitrogens with zero attached hydrogens (tertiary/aromatic N) is 1. The van der Waals surface area contributed by atoms with Gasteiger partial charge in [0.2, 0.25) is 11.8 Å². The van der Waals surface area contributed by atoms with Crippen molar-refractivity contribution in [2.45, 2.75) is 32.0 Å². The molecule has 0 radical (unpaired) electrons. The minimum Gasteiger partial charge on any atom is -0.532 e. The highest BCUT2D eigenvalue weighted by Crippen LogP contribution is 2.31. The Balaban J connectivity index is 1.19. The zero-order valence-corrected chi connectivity index (χ0v) is 20.6. The molecule has 0 aromatic heterocycles. The quantitative estimate of drug-likeness (QED) is 0.381. The predicted molar refractivity (Wildman–Crippen MR) is 138 cm³/mol. The predicted octanol–water partition coefficient (Wildman–Crippen LogP) is 1.32. The molecule has 10 nitrogen and oxygen atoms in total. The van der Waals surface area contributed by atoms with Crippen LogP contribution < -0.4 is 20.8 Å². The van der Waals surface area contributed by atoms with Crippen LogP contribution in [0.5, 0.6) is 5.75 Å². The van der Waals surface area contributed by atoms with Crippen molar-refractivity contribution >= 4 is 42.1 Å². The summed E-state index contributed by atoms with van der Waals surface area (Å²) in [5, 5.41) is 5.01. The Morgan fingerprint density at radius 3 is 2.56 bits per heavy atom. The van der Waals surface area contributed by atoms with Crippen LogP contribution in [0.15, 0.2) is 66.7 Å². The van der Waals surface area contributed by atoms with Crippen LogP contribution in [0.2, 0.25) is 0 Å². The fraction of sp³-hybridized carbons (Fsp3) is 0.179. The molecule has 0 saturated carbocycles. The van der Waals surface area contributed by atoms with Gasteiger partial charge in [-0.25, -0.2) is 0 Å². The lowest BCUT2D eigenvalue weighted by Gasteiger charge is -2.27. The van der Waals surface area contributed by atoms with E-state index in [1.54, 1.807) is 30.3 Å². The Hall–Kier alpha value is -4.77. The van der Waals surface area contributed by atoms with Gasteiger partial charge in [0.05, 0.1) is 17.7 Å². The number of imide groups is 2. The molecule has 5 amide bonds. The summed E-state index contributed by atoms with van der Waals surface area (Å²) in [5.74, 6) is -2.19. The molecule has 1 unspecified atom stereocenters. The lowest BCUT2D eigenvalue weighted by atomic mass is 9.77. The largest absolute Gasteiger partial charge is 0.563 e. The summed E-state index contributed by atoms with van der Waals surface area (Å²) in [5.41, 5.74) is 2.58. The van der Waals surface area contributed by atoms with Crippen LogP contribution in [0.25, 0.3) is 0 Å². The summed E-state index contributed by atoms with van der Waals surface area (Å²) >= 11 is 0. The van der Waals surface area contributed by atoms with Crippen LogP contribution in [-0.4, -0.2) is 47.6 Å². The summed E-state index contributed by atoms with van der Waals surface area (Å²) in [6, 6.07) is 18.4. The van der Waals surface area contributed by atoms with Gasteiger partial charge in [-0.1, -0.05) is 48.5 Å². The molecular formula is C28H22BN3O7. The second-order valence-electron chi connectivity index (χ2n) is 9.42. The van der Waals surface area contributed by atoms with Gasteiger partial charge in [-0.15, -0.1) is 0 Å². The van der Waals surface area contributed by atoms with Gasteiger partial charge in [-0.2, -0.15) is 0 Å². The summed E-state index contributed by atoms with van der Waals surface area (Å²) < 4.78 is 11.9. The Labute approximate surface area is 223 Å². The Kier molecular flexibility index (Phi) is 6.20. The minimum atomic E-state index is -1.06. The molecule has 2 N–H and O–H groups in total. The Morgan fingerprint density at radius 1 is 0.974 bits per heavy atom. The van der Waals surface area contributed by atoms with Gasteiger partial charge in [0.1, 0.15) is 11.8 Å². The van der Waals surface area contributed by atoms with Crippen molar-refractivity contribution in [2.75, 3.05) is 0 Å². The van der Waals surface area contributed by atoms with Crippen molar-refractivity contribution in [3.8, 4) is 5.75 Å². The average molecular weight is 523 g/mol. The monoisotopic (exact) mass is 523 g/mol. The van der Waals surface area contributed by atoms with Crippen LogP contribution >= 0.6 is 0 Å². The number of fused-ring (bicyclic) bond motifs is 2. The summed E-state index contributed by atoms with van der Waals surface area (Å²) in [6.07, 6.45) is 0.101. The fourth-order valence-electron chi connectivity index (χ4n) is 5.12. The molecule has 3 aliphatic heterocycles. The smallest absolute Gasteiger partial charge is 0.532 e. The maximum absolute atomic E-state index is 13.3. The zero-order chi connectivity index (χ0) is 27.1. The number of hydrogen-bond donors (Lipinski definition) is 2. The van der Waals surface area contributed by atoms with Crippen molar-refractivity contribution < 1.29 is 33.3 Å². The first-order chi connectivity index (χ1) is 18.9. The van der Waals surface area contributed by atoms with Crippen LogP contribution in [0.4, 0.5) is 0 Å². The molecule has 0 aliphatic carbocycles. The van der Waals surface area contributed by atoms with Gasteiger partial charge >= 0.3 is 7.12 Å². The van der Waals surface area contributed by atoms with E-state index in [-0.39, 0.29) is 37.1 Å². The molecule has 194 valence electrons. The first-order valence-corrected chi connectivity index (χ1v) is 12.5. The maximum atomic E-state index is 13.3. The number of carbonyl (C=O) groups excluding carboxylic acids is 5. The van der Waals surface area contributed by atoms with E-state index < -0.39 is 42.7 Å². The number of hydrogen-bond acceptors (Lipinski definition) is 7. The number of rotatable bonds is 5. The second kappa shape index (κ2) is 9.84. The van der Waals surface area contributed by atoms with E-state index in [2.05, 4.69) is 10.6 Å². The van der Waals surface area contributed by atoms with Gasteiger partial charge in [0, 0.05) is 24.1 Å². The van der Waals surface area contributed by atoms with Crippen molar-refractivity contribution in [1.82, 2.24) is 15.5 Å². The third kappa shape index (κ3) is 4.36. The molecular weight excluding hydrogens is 501 g/mol. The SMILES string of the molecule is O=C1CCC(N2C(=O)c3cccc(CNC(=O)c4cccc5c4COB(c4ccccc4)O5)c3C2=O)C(=O)N1. The van der Waals surface area contributed by atoms with Gasteiger partial charge in [-0.05, 0) is 35.6 Å². The molecule has 1 fully saturated rings. The molecule has 3 aromatic carbocycles. The highest BCUT2D eigenvalue weighted by Gasteiger charge is 2.45. The minimum absolute atomic E-state index is 0.0256. The molecule has 3 aliphatic rings. The molecule has 1 saturated heterocycles. The molecule has 39 heavy (non-hydrogen) atoms. The van der Waals surface area contributed by atoms with Crippen LogP contribution in [-0.2, 0) is 27.4 Å². The molecule has 3 aromatic rings. The van der Waals surface area contributed by atoms with Gasteiger partial charge in [-0.3, -0.25) is 34.2 Å². The molecule has 0 spiro atoms. The van der Waals surface area contributed by atoms with Crippen molar-refractivity contribution in [2.24, 2.45) is 0 Å². The first kappa shape index (κ1) is 24.6. The van der Waals surface area contributed by atoms with E-state index in [0.717, 1.165) is 10.4 Å². The van der Waals surface area contributed by atoms with Crippen molar-refractivity contribution in [3.63, 3.8) is 0 Å². The van der Waals surface area contributed by atoms with Crippen LogP contribution in [0.1, 0.15) is 55.0 Å². The van der Waals surface area contributed by atoms with Gasteiger partial charge in [0.25, 0.3) is 17.7 Å². The number of benzene rings is 3. The van der Waals surface area contributed by atoms with Crippen molar-refractivity contribution in [1.29, 1.82) is 0 Å². The summed E-state index contributed by atoms with van der Waals surface area (Å²) in [4.78, 5) is 64.4. The zero-order valence-electron chi connectivity index (χ0n) is 20.6. The molecule has 1 atom stereocenters. The normalized spacial score (nSPS) is 18.3. The molecule has 0 bridgehead atoms. The lowest BCUT2D eigenvalue weighted by molar-refractivity contribution is -0.136. The van der Waals surface area contributed by atoms with Crippen LogP contribution in [0, 0.1) is 0 Å². The highest BCUT2D eigenvalue weighted by atomic mass is 16.6. The van der Waals surface area contributed by atoms with E-state index in [1.807, 2.05) is 30.3 Å². The number of nitrogens with one attached hydrogen (secondary N) is 2. The Bertz CT molecular complexity index is 1540. The van der Waals surface area contributed by atoms with E-state index in [4.69, 9.17) is 9.31 Å². The fourth-order valence-corrected chi connectivity index (χ4v) is 5.12. The number of piperidine rings is 1. The summed E-state index contributed by atoms with van der Waals surface area (Å²) in [6.45, 7) is 0.148. The van der Waals surface area contributed by atoms with Crippen LogP contribution in [0.3, 0.4) is 0 Å². The van der Waals surface area contributed by atoms with Gasteiger partial charge in [0.15, 0.2) is 0 Å². The second-order valence-corrected chi connectivity index (χ2v) is 9.42. The molecule has 3 heterocycles. The van der Waals surface area contributed by atoms with Crippen molar-refractivity contribution in [3.05, 3.63) is 94.5 Å². The maximum Gasteiger partial charge on any atom is 0.563 e. The molecule has 6 rings (SSSR count). The third-order valence-electron chi connectivity index (χ3n) is 7.06. The standard InChI is InChI=1S/C28H22BN3O7/c33-23-13-12-21(26(35)31-23)32-27(36)19-10-4-6-16(24(19)28(32)37)14-30-25(34)18-9-5-11-22-20(18)15-38-29(39-22)17-7-2-1-3-8-17/h1-11,21H,12-15H2,(H,30,34)(H,31,33,35). The Morgan fingerprint density at radius 2 is 1.77 bits per heavy atom.